The Morgan fingerprint density at radius 2 is 1.85 bits per heavy atom. The first-order chi connectivity index (χ1) is 9.83. The molecule has 20 heavy (non-hydrogen) atoms. The molecule has 1 aromatic heterocycles. The molecule has 0 saturated heterocycles. The number of nitrogens with two attached hydrogens (primary N) is 1. The van der Waals surface area contributed by atoms with Crippen molar-refractivity contribution >= 4 is 21.4 Å². The Morgan fingerprint density at radius 3 is 2.80 bits per heavy atom. The molecule has 0 bridgehead atoms. The second kappa shape index (κ2) is 4.72. The highest BCUT2D eigenvalue weighted by Crippen LogP contribution is 2.33. The van der Waals surface area contributed by atoms with E-state index in [4.69, 9.17) is 5.73 Å². The summed E-state index contributed by atoms with van der Waals surface area (Å²) in [4.78, 5) is 0. The molecule has 0 spiro atoms. The molecule has 0 radical (unpaired) electrons. The Kier molecular flexibility index (Phi) is 2.86. The zero-order valence-electron chi connectivity index (χ0n) is 11.3. The van der Waals surface area contributed by atoms with Crippen molar-refractivity contribution in [1.82, 2.24) is 0 Å². The average Bonchev–Trinajstić information content (AvgIpc) is 3.12. The normalized spacial score (nSPS) is 15.4. The largest absolute Gasteiger partial charge is 0.320 e. The molecular formula is C18H17NS. The van der Waals surface area contributed by atoms with E-state index >= 15 is 0 Å². The van der Waals surface area contributed by atoms with E-state index in [9.17, 15) is 0 Å². The second-order valence-electron chi connectivity index (χ2n) is 5.55. The first kappa shape index (κ1) is 12.1. The van der Waals surface area contributed by atoms with Crippen LogP contribution in [0.3, 0.4) is 0 Å². The Bertz CT molecular complexity index is 772. The van der Waals surface area contributed by atoms with Crippen LogP contribution in [0.25, 0.3) is 10.1 Å². The van der Waals surface area contributed by atoms with Gasteiger partial charge in [0, 0.05) is 4.70 Å². The summed E-state index contributed by atoms with van der Waals surface area (Å²) >= 11 is 1.78. The first-order valence-corrected chi connectivity index (χ1v) is 8.04. The SMILES string of the molecule is NC(c1ccc2c(c1)CCC2)c1csc2ccccc12. The molecule has 1 aliphatic rings. The van der Waals surface area contributed by atoms with Gasteiger partial charge >= 0.3 is 0 Å². The number of hydrogen-bond donors (Lipinski definition) is 1. The van der Waals surface area contributed by atoms with Crippen LogP contribution in [0, 0.1) is 0 Å². The van der Waals surface area contributed by atoms with Gasteiger partial charge in [0.2, 0.25) is 0 Å². The van der Waals surface area contributed by atoms with Crippen molar-refractivity contribution in [3.8, 4) is 0 Å². The van der Waals surface area contributed by atoms with Gasteiger partial charge in [0.25, 0.3) is 0 Å². The maximum absolute atomic E-state index is 6.53. The lowest BCUT2D eigenvalue weighted by molar-refractivity contribution is 0.879. The summed E-state index contributed by atoms with van der Waals surface area (Å²) in [6, 6.07) is 15.3. The van der Waals surface area contributed by atoms with Crippen molar-refractivity contribution in [2.24, 2.45) is 5.73 Å². The van der Waals surface area contributed by atoms with Crippen molar-refractivity contribution in [3.63, 3.8) is 0 Å². The summed E-state index contributed by atoms with van der Waals surface area (Å²) in [6.45, 7) is 0. The number of fused-ring (bicyclic) bond motifs is 2. The molecule has 1 aliphatic carbocycles. The van der Waals surface area contributed by atoms with Crippen molar-refractivity contribution in [2.75, 3.05) is 0 Å². The predicted molar refractivity (Wildman–Crippen MR) is 86.3 cm³/mol. The number of rotatable bonds is 2. The van der Waals surface area contributed by atoms with Gasteiger partial charge in [-0.15, -0.1) is 11.3 Å². The lowest BCUT2D eigenvalue weighted by Gasteiger charge is -2.13. The van der Waals surface area contributed by atoms with Crippen LogP contribution in [0.1, 0.15) is 34.7 Å². The zero-order chi connectivity index (χ0) is 13.5. The molecule has 3 aromatic rings. The summed E-state index contributed by atoms with van der Waals surface area (Å²) in [5.74, 6) is 0. The van der Waals surface area contributed by atoms with E-state index in [1.54, 1.807) is 11.3 Å². The summed E-state index contributed by atoms with van der Waals surface area (Å²) in [5, 5.41) is 3.51. The molecule has 2 N–H and O–H groups in total. The lowest BCUT2D eigenvalue weighted by atomic mass is 9.96. The fraction of sp³-hybridized carbons (Fsp3) is 0.222. The maximum atomic E-state index is 6.53. The minimum Gasteiger partial charge on any atom is -0.320 e. The van der Waals surface area contributed by atoms with Crippen LogP contribution in [0.4, 0.5) is 0 Å². The fourth-order valence-corrected chi connectivity index (χ4v) is 4.20. The van der Waals surface area contributed by atoms with Crippen LogP contribution in [0.5, 0.6) is 0 Å². The highest BCUT2D eigenvalue weighted by molar-refractivity contribution is 7.17. The van der Waals surface area contributed by atoms with E-state index in [-0.39, 0.29) is 6.04 Å². The molecule has 2 heteroatoms. The van der Waals surface area contributed by atoms with E-state index in [2.05, 4.69) is 47.8 Å². The van der Waals surface area contributed by atoms with Gasteiger partial charge in [-0.2, -0.15) is 0 Å². The molecule has 1 atom stereocenters. The maximum Gasteiger partial charge on any atom is 0.0566 e. The first-order valence-electron chi connectivity index (χ1n) is 7.16. The molecule has 1 heterocycles. The minimum absolute atomic E-state index is 0.0166. The molecule has 0 fully saturated rings. The van der Waals surface area contributed by atoms with Gasteiger partial charge in [-0.25, -0.2) is 0 Å². The predicted octanol–water partition coefficient (Wildman–Crippen LogP) is 4.44. The van der Waals surface area contributed by atoms with Crippen LogP contribution in [0.2, 0.25) is 0 Å². The Morgan fingerprint density at radius 1 is 1.00 bits per heavy atom. The Balaban J connectivity index is 1.78. The molecule has 0 aliphatic heterocycles. The summed E-state index contributed by atoms with van der Waals surface area (Å²) in [6.07, 6.45) is 3.72. The summed E-state index contributed by atoms with van der Waals surface area (Å²) < 4.78 is 1.32. The van der Waals surface area contributed by atoms with E-state index in [0.29, 0.717) is 0 Å². The Labute approximate surface area is 123 Å². The fourth-order valence-electron chi connectivity index (χ4n) is 3.20. The van der Waals surface area contributed by atoms with Crippen LogP contribution in [-0.2, 0) is 12.8 Å². The van der Waals surface area contributed by atoms with Gasteiger partial charge in [0.05, 0.1) is 6.04 Å². The highest BCUT2D eigenvalue weighted by Gasteiger charge is 2.17. The van der Waals surface area contributed by atoms with E-state index in [0.717, 1.165) is 0 Å². The van der Waals surface area contributed by atoms with Gasteiger partial charge < -0.3 is 5.73 Å². The molecule has 2 aromatic carbocycles. The molecule has 0 saturated carbocycles. The number of thiophene rings is 1. The number of aryl methyl sites for hydroxylation is 2. The monoisotopic (exact) mass is 279 g/mol. The molecule has 4 rings (SSSR count). The molecular weight excluding hydrogens is 262 g/mol. The molecule has 0 amide bonds. The second-order valence-corrected chi connectivity index (χ2v) is 6.46. The zero-order valence-corrected chi connectivity index (χ0v) is 12.1. The van der Waals surface area contributed by atoms with Crippen LogP contribution in [-0.4, -0.2) is 0 Å². The number of benzene rings is 2. The van der Waals surface area contributed by atoms with E-state index in [1.165, 1.54) is 51.6 Å². The number of hydrogen-bond acceptors (Lipinski definition) is 2. The van der Waals surface area contributed by atoms with Crippen LogP contribution in [0.15, 0.2) is 47.8 Å². The molecule has 100 valence electrons. The summed E-state index contributed by atoms with van der Waals surface area (Å²) in [5.41, 5.74) is 12.0. The molecule has 1 nitrogen and oxygen atoms in total. The third-order valence-corrected chi connectivity index (χ3v) is 5.31. The standard InChI is InChI=1S/C18H17NS/c19-18(14-9-8-12-4-3-5-13(12)10-14)16-11-20-17-7-2-1-6-15(16)17/h1-2,6-11,18H,3-5,19H2. The highest BCUT2D eigenvalue weighted by atomic mass is 32.1. The summed E-state index contributed by atoms with van der Waals surface area (Å²) in [7, 11) is 0. The van der Waals surface area contributed by atoms with Crippen molar-refractivity contribution < 1.29 is 0 Å². The van der Waals surface area contributed by atoms with Gasteiger partial charge in [0.1, 0.15) is 0 Å². The van der Waals surface area contributed by atoms with E-state index in [1.807, 2.05) is 0 Å². The molecule has 1 unspecified atom stereocenters. The Hall–Kier alpha value is -1.64. The third-order valence-electron chi connectivity index (χ3n) is 4.33. The van der Waals surface area contributed by atoms with Gasteiger partial charge in [0.15, 0.2) is 0 Å². The average molecular weight is 279 g/mol. The van der Waals surface area contributed by atoms with Crippen molar-refractivity contribution in [3.05, 3.63) is 70.1 Å². The smallest absolute Gasteiger partial charge is 0.0566 e. The van der Waals surface area contributed by atoms with Crippen LogP contribution >= 0.6 is 11.3 Å². The minimum atomic E-state index is -0.0166. The van der Waals surface area contributed by atoms with Crippen molar-refractivity contribution in [2.45, 2.75) is 25.3 Å². The lowest BCUT2D eigenvalue weighted by Crippen LogP contribution is -2.11. The quantitative estimate of drug-likeness (QED) is 0.737. The van der Waals surface area contributed by atoms with Gasteiger partial charge in [-0.3, -0.25) is 0 Å². The van der Waals surface area contributed by atoms with Gasteiger partial charge in [-0.05, 0) is 58.3 Å². The van der Waals surface area contributed by atoms with Gasteiger partial charge in [-0.1, -0.05) is 36.4 Å². The van der Waals surface area contributed by atoms with Crippen molar-refractivity contribution in [1.29, 1.82) is 0 Å². The third kappa shape index (κ3) is 1.88. The van der Waals surface area contributed by atoms with E-state index < -0.39 is 0 Å². The van der Waals surface area contributed by atoms with Crippen LogP contribution < -0.4 is 5.73 Å². The topological polar surface area (TPSA) is 26.0 Å².